The minimum atomic E-state index is -0.960. The predicted octanol–water partition coefficient (Wildman–Crippen LogP) is 2.79. The lowest BCUT2D eigenvalue weighted by atomic mass is 9.98. The standard InChI is InChI=1S/C23H18F2N4O3/c1-28-21(15-3-2-4-17(24)20(15)25)16(10-26-28)12-5-6-14-13(9-12)11-29(23(14)32)18-7-8-19(30)27-22(18)31/h2-6,9-10,18H,7-8,11H2,1H3,(H,27,30,31). The van der Waals surface area contributed by atoms with Crippen LogP contribution in [-0.2, 0) is 23.2 Å². The molecule has 0 aliphatic carbocycles. The van der Waals surface area contributed by atoms with Crippen LogP contribution in [0.25, 0.3) is 22.4 Å². The van der Waals surface area contributed by atoms with Gasteiger partial charge in [-0.3, -0.25) is 24.4 Å². The Balaban J connectivity index is 1.52. The lowest BCUT2D eigenvalue weighted by Gasteiger charge is -2.29. The molecule has 3 aromatic rings. The van der Waals surface area contributed by atoms with Gasteiger partial charge in [-0.05, 0) is 41.8 Å². The van der Waals surface area contributed by atoms with Gasteiger partial charge in [0, 0.05) is 36.7 Å². The first-order valence-corrected chi connectivity index (χ1v) is 10.1. The number of carbonyl (C=O) groups is 3. The molecule has 5 rings (SSSR count). The van der Waals surface area contributed by atoms with Gasteiger partial charge in [-0.2, -0.15) is 5.10 Å². The van der Waals surface area contributed by atoms with E-state index in [1.807, 2.05) is 0 Å². The summed E-state index contributed by atoms with van der Waals surface area (Å²) in [5, 5.41) is 6.50. The summed E-state index contributed by atoms with van der Waals surface area (Å²) in [5.41, 5.74) is 2.96. The minimum absolute atomic E-state index is 0.0849. The molecule has 1 aromatic heterocycles. The van der Waals surface area contributed by atoms with Gasteiger partial charge in [-0.25, -0.2) is 8.78 Å². The van der Waals surface area contributed by atoms with Gasteiger partial charge >= 0.3 is 0 Å². The number of aryl methyl sites for hydroxylation is 1. The maximum atomic E-state index is 14.5. The lowest BCUT2D eigenvalue weighted by molar-refractivity contribution is -0.136. The number of fused-ring (bicyclic) bond motifs is 1. The second-order valence-electron chi connectivity index (χ2n) is 7.90. The lowest BCUT2D eigenvalue weighted by Crippen LogP contribution is -2.52. The average Bonchev–Trinajstić information content (AvgIpc) is 3.30. The van der Waals surface area contributed by atoms with Crippen LogP contribution in [-0.4, -0.2) is 38.4 Å². The predicted molar refractivity (Wildman–Crippen MR) is 110 cm³/mol. The number of hydrogen-bond acceptors (Lipinski definition) is 4. The van der Waals surface area contributed by atoms with Crippen molar-refractivity contribution < 1.29 is 23.2 Å². The van der Waals surface area contributed by atoms with Crippen molar-refractivity contribution >= 4 is 17.7 Å². The first kappa shape index (κ1) is 20.0. The van der Waals surface area contributed by atoms with E-state index in [0.717, 1.165) is 6.07 Å². The van der Waals surface area contributed by atoms with Crippen LogP contribution in [0.4, 0.5) is 8.78 Å². The monoisotopic (exact) mass is 436 g/mol. The maximum Gasteiger partial charge on any atom is 0.255 e. The highest BCUT2D eigenvalue weighted by atomic mass is 19.2. The molecule has 0 radical (unpaired) electrons. The molecule has 32 heavy (non-hydrogen) atoms. The highest BCUT2D eigenvalue weighted by Crippen LogP contribution is 2.36. The summed E-state index contributed by atoms with van der Waals surface area (Å²) in [6, 6.07) is 8.46. The molecule has 162 valence electrons. The fourth-order valence-corrected chi connectivity index (χ4v) is 4.40. The zero-order valence-corrected chi connectivity index (χ0v) is 17.1. The molecule has 9 heteroatoms. The molecule has 0 spiro atoms. The number of hydrogen-bond donors (Lipinski definition) is 1. The molecule has 1 unspecified atom stereocenters. The number of benzene rings is 2. The molecule has 1 saturated heterocycles. The molecule has 1 atom stereocenters. The number of imide groups is 1. The molecule has 2 aromatic carbocycles. The first-order chi connectivity index (χ1) is 15.3. The van der Waals surface area contributed by atoms with Gasteiger partial charge in [-0.15, -0.1) is 0 Å². The second-order valence-corrected chi connectivity index (χ2v) is 7.90. The van der Waals surface area contributed by atoms with E-state index in [1.54, 1.807) is 31.4 Å². The van der Waals surface area contributed by atoms with Crippen LogP contribution in [0.5, 0.6) is 0 Å². The van der Waals surface area contributed by atoms with Gasteiger partial charge in [0.15, 0.2) is 11.6 Å². The number of carbonyl (C=O) groups excluding carboxylic acids is 3. The van der Waals surface area contributed by atoms with Crippen LogP contribution in [0.15, 0.2) is 42.6 Å². The summed E-state index contributed by atoms with van der Waals surface area (Å²) in [6.45, 7) is 0.220. The normalized spacial score (nSPS) is 18.2. The summed E-state index contributed by atoms with van der Waals surface area (Å²) < 4.78 is 29.8. The van der Waals surface area contributed by atoms with E-state index in [9.17, 15) is 23.2 Å². The number of rotatable bonds is 3. The molecule has 2 aliphatic heterocycles. The van der Waals surface area contributed by atoms with E-state index in [-0.39, 0.29) is 36.8 Å². The van der Waals surface area contributed by atoms with Crippen molar-refractivity contribution in [1.82, 2.24) is 20.0 Å². The molecule has 1 N–H and O–H groups in total. The molecule has 3 heterocycles. The Labute approximate surface area is 181 Å². The number of nitrogens with zero attached hydrogens (tertiary/aromatic N) is 3. The Kier molecular flexibility index (Phi) is 4.61. The van der Waals surface area contributed by atoms with E-state index in [2.05, 4.69) is 10.4 Å². The van der Waals surface area contributed by atoms with Gasteiger partial charge in [-0.1, -0.05) is 12.1 Å². The molecule has 0 saturated carbocycles. The van der Waals surface area contributed by atoms with E-state index < -0.39 is 23.6 Å². The number of amides is 3. The van der Waals surface area contributed by atoms with Gasteiger partial charge in [0.1, 0.15) is 6.04 Å². The van der Waals surface area contributed by atoms with E-state index in [4.69, 9.17) is 0 Å². The van der Waals surface area contributed by atoms with Crippen molar-refractivity contribution in [2.45, 2.75) is 25.4 Å². The zero-order chi connectivity index (χ0) is 22.6. The topological polar surface area (TPSA) is 84.3 Å². The highest BCUT2D eigenvalue weighted by Gasteiger charge is 2.39. The third kappa shape index (κ3) is 3.08. The van der Waals surface area contributed by atoms with Crippen LogP contribution in [0.2, 0.25) is 0 Å². The largest absolute Gasteiger partial charge is 0.322 e. The van der Waals surface area contributed by atoms with Crippen molar-refractivity contribution in [3.8, 4) is 22.4 Å². The summed E-state index contributed by atoms with van der Waals surface area (Å²) in [6.07, 6.45) is 2.03. The third-order valence-electron chi connectivity index (χ3n) is 5.98. The van der Waals surface area contributed by atoms with E-state index in [0.29, 0.717) is 27.9 Å². The highest BCUT2D eigenvalue weighted by molar-refractivity contribution is 6.05. The van der Waals surface area contributed by atoms with Gasteiger partial charge in [0.25, 0.3) is 5.91 Å². The Hall–Kier alpha value is -3.88. The average molecular weight is 436 g/mol. The molecule has 2 aliphatic rings. The quantitative estimate of drug-likeness (QED) is 0.640. The van der Waals surface area contributed by atoms with Crippen molar-refractivity contribution in [2.24, 2.45) is 7.05 Å². The fraction of sp³-hybridized carbons (Fsp3) is 0.217. The van der Waals surface area contributed by atoms with Gasteiger partial charge in [0.2, 0.25) is 11.8 Å². The minimum Gasteiger partial charge on any atom is -0.322 e. The van der Waals surface area contributed by atoms with Crippen molar-refractivity contribution in [2.75, 3.05) is 0 Å². The number of piperidine rings is 1. The first-order valence-electron chi connectivity index (χ1n) is 10.1. The Morgan fingerprint density at radius 3 is 2.66 bits per heavy atom. The van der Waals surface area contributed by atoms with Gasteiger partial charge in [0.05, 0.1) is 11.9 Å². The fourth-order valence-electron chi connectivity index (χ4n) is 4.40. The summed E-state index contributed by atoms with van der Waals surface area (Å²) in [5.74, 6) is -3.00. The maximum absolute atomic E-state index is 14.5. The van der Waals surface area contributed by atoms with Crippen LogP contribution in [0.3, 0.4) is 0 Å². The molecule has 1 fully saturated rings. The third-order valence-corrected chi connectivity index (χ3v) is 5.98. The van der Waals surface area contributed by atoms with Crippen LogP contribution >= 0.6 is 0 Å². The molecule has 3 amide bonds. The summed E-state index contributed by atoms with van der Waals surface area (Å²) in [4.78, 5) is 38.0. The number of aromatic nitrogens is 2. The molecule has 7 nitrogen and oxygen atoms in total. The smallest absolute Gasteiger partial charge is 0.255 e. The van der Waals surface area contributed by atoms with Crippen LogP contribution in [0, 0.1) is 11.6 Å². The van der Waals surface area contributed by atoms with Crippen molar-refractivity contribution in [1.29, 1.82) is 0 Å². The van der Waals surface area contributed by atoms with Crippen LogP contribution in [0.1, 0.15) is 28.8 Å². The Morgan fingerprint density at radius 1 is 1.06 bits per heavy atom. The summed E-state index contributed by atoms with van der Waals surface area (Å²) in [7, 11) is 1.64. The van der Waals surface area contributed by atoms with Crippen molar-refractivity contribution in [3.63, 3.8) is 0 Å². The van der Waals surface area contributed by atoms with E-state index in [1.165, 1.54) is 21.7 Å². The summed E-state index contributed by atoms with van der Waals surface area (Å²) >= 11 is 0. The van der Waals surface area contributed by atoms with Crippen molar-refractivity contribution in [3.05, 3.63) is 65.4 Å². The number of nitrogens with one attached hydrogen (secondary N) is 1. The SMILES string of the molecule is Cn1ncc(-c2ccc3c(c2)CN(C2CCC(=O)NC2=O)C3=O)c1-c1cccc(F)c1F. The molecular formula is C23H18F2N4O3. The van der Waals surface area contributed by atoms with Crippen LogP contribution < -0.4 is 5.32 Å². The van der Waals surface area contributed by atoms with E-state index >= 15 is 0 Å². The Morgan fingerprint density at radius 2 is 1.88 bits per heavy atom. The van der Waals surface area contributed by atoms with Gasteiger partial charge < -0.3 is 4.90 Å². The molecular weight excluding hydrogens is 418 g/mol. The second kappa shape index (κ2) is 7.37. The molecule has 0 bridgehead atoms. The number of halogens is 2. The zero-order valence-electron chi connectivity index (χ0n) is 17.1. The Bertz CT molecular complexity index is 1300.